The molecule has 32 heavy (non-hydrogen) atoms. The van der Waals surface area contributed by atoms with Crippen LogP contribution in [0.15, 0.2) is 35.3 Å². The molecule has 12 heteroatoms. The van der Waals surface area contributed by atoms with Crippen molar-refractivity contribution in [3.05, 3.63) is 52.3 Å². The van der Waals surface area contributed by atoms with Crippen molar-refractivity contribution in [3.8, 4) is 11.5 Å². The Morgan fingerprint density at radius 3 is 2.50 bits per heavy atom. The molecule has 0 bridgehead atoms. The largest absolute Gasteiger partial charge is 0.493 e. The number of halogens is 3. The molecule has 3 aromatic rings. The Hall–Kier alpha value is -3.02. The monoisotopic (exact) mass is 473 g/mol. The van der Waals surface area contributed by atoms with Crippen LogP contribution in [0.5, 0.6) is 11.5 Å². The van der Waals surface area contributed by atoms with Crippen LogP contribution in [0.1, 0.15) is 18.5 Å². The number of fused-ring (bicyclic) bond motifs is 1. The molecule has 174 valence electrons. The number of pyridine rings is 1. The molecule has 0 aliphatic rings. The fraction of sp³-hybridized carbons (Fsp3) is 0.400. The third-order valence-electron chi connectivity index (χ3n) is 4.74. The average Bonchev–Trinajstić information content (AvgIpc) is 2.96. The number of nitrogens with zero attached hydrogens (tertiary/aromatic N) is 3. The van der Waals surface area contributed by atoms with E-state index in [9.17, 15) is 26.4 Å². The lowest BCUT2D eigenvalue weighted by Crippen LogP contribution is -2.32. The summed E-state index contributed by atoms with van der Waals surface area (Å²) in [5, 5.41) is 0. The number of rotatable bonds is 9. The Balaban J connectivity index is 2.31. The van der Waals surface area contributed by atoms with Crippen LogP contribution in [0, 0.1) is 5.82 Å². The van der Waals surface area contributed by atoms with E-state index in [1.165, 1.54) is 13.2 Å². The maximum atomic E-state index is 13.8. The zero-order valence-corrected chi connectivity index (χ0v) is 18.4. The van der Waals surface area contributed by atoms with Gasteiger partial charge < -0.3 is 9.47 Å². The molecule has 0 aliphatic carbocycles. The van der Waals surface area contributed by atoms with Crippen molar-refractivity contribution in [2.24, 2.45) is 0 Å². The number of hydrogen-bond acceptors (Lipinski definition) is 6. The zero-order valence-electron chi connectivity index (χ0n) is 17.6. The van der Waals surface area contributed by atoms with Gasteiger partial charge in [0.1, 0.15) is 15.7 Å². The van der Waals surface area contributed by atoms with Crippen LogP contribution in [-0.4, -0.2) is 54.7 Å². The highest BCUT2D eigenvalue weighted by Crippen LogP contribution is 2.33. The van der Waals surface area contributed by atoms with Gasteiger partial charge in [-0.25, -0.2) is 31.4 Å². The standard InChI is InChI=1S/C20H22F3N3O5S/c1-4-31-17-7-12(5-6-16(17)30-2)15(11-32(3,28)29)26-19-14(8-13(21)9-24-19)25(20(26)27)10-18(22)23/h5-9,15,18H,4,10-11H2,1-3H3. The fourth-order valence-corrected chi connectivity index (χ4v) is 4.42. The molecule has 0 N–H and O–H groups in total. The van der Waals surface area contributed by atoms with Gasteiger partial charge in [0.05, 0.1) is 43.8 Å². The number of imidazole rings is 1. The summed E-state index contributed by atoms with van der Waals surface area (Å²) < 4.78 is 77.0. The van der Waals surface area contributed by atoms with Crippen molar-refractivity contribution in [2.75, 3.05) is 25.7 Å². The number of hydrogen-bond donors (Lipinski definition) is 0. The molecule has 0 aliphatic heterocycles. The quantitative estimate of drug-likeness (QED) is 0.475. The van der Waals surface area contributed by atoms with Crippen molar-refractivity contribution in [1.29, 1.82) is 0 Å². The molecule has 1 unspecified atom stereocenters. The van der Waals surface area contributed by atoms with Gasteiger partial charge >= 0.3 is 5.69 Å². The first-order valence-electron chi connectivity index (χ1n) is 9.58. The average molecular weight is 473 g/mol. The third-order valence-corrected chi connectivity index (χ3v) is 5.66. The van der Waals surface area contributed by atoms with E-state index in [1.54, 1.807) is 19.1 Å². The highest BCUT2D eigenvalue weighted by atomic mass is 32.2. The number of alkyl halides is 2. The summed E-state index contributed by atoms with van der Waals surface area (Å²) in [7, 11) is -2.22. The number of aromatic nitrogens is 3. The van der Waals surface area contributed by atoms with Crippen LogP contribution < -0.4 is 15.2 Å². The Morgan fingerprint density at radius 2 is 1.91 bits per heavy atom. The Bertz CT molecular complexity index is 1290. The summed E-state index contributed by atoms with van der Waals surface area (Å²) in [4.78, 5) is 17.1. The lowest BCUT2D eigenvalue weighted by Gasteiger charge is -2.20. The van der Waals surface area contributed by atoms with Gasteiger partial charge in [0.25, 0.3) is 6.43 Å². The summed E-state index contributed by atoms with van der Waals surface area (Å²) in [6.07, 6.45) is -1.07. The van der Waals surface area contributed by atoms with Gasteiger partial charge in [-0.1, -0.05) is 6.07 Å². The summed E-state index contributed by atoms with van der Waals surface area (Å²) in [5.41, 5.74) is -0.850. The van der Waals surface area contributed by atoms with Gasteiger partial charge in [0.2, 0.25) is 0 Å². The summed E-state index contributed by atoms with van der Waals surface area (Å²) in [6, 6.07) is 4.39. The molecular formula is C20H22F3N3O5S. The van der Waals surface area contributed by atoms with E-state index in [0.29, 0.717) is 28.2 Å². The molecule has 1 aromatic carbocycles. The van der Waals surface area contributed by atoms with Crippen LogP contribution in [0.3, 0.4) is 0 Å². The Labute approximate surface area is 182 Å². The SMILES string of the molecule is CCOc1cc(C(CS(C)(=O)=O)n2c(=O)n(CC(F)F)c3cc(F)cnc32)ccc1OC. The minimum absolute atomic E-state index is 0.112. The number of methoxy groups -OCH3 is 1. The van der Waals surface area contributed by atoms with Gasteiger partial charge in [-0.2, -0.15) is 0 Å². The molecule has 8 nitrogen and oxygen atoms in total. The van der Waals surface area contributed by atoms with Gasteiger partial charge in [0, 0.05) is 12.3 Å². The zero-order chi connectivity index (χ0) is 23.6. The number of benzene rings is 1. The first-order chi connectivity index (χ1) is 15.1. The minimum Gasteiger partial charge on any atom is -0.493 e. The van der Waals surface area contributed by atoms with Crippen LogP contribution >= 0.6 is 0 Å². The van der Waals surface area contributed by atoms with E-state index in [2.05, 4.69) is 4.98 Å². The molecule has 0 spiro atoms. The first-order valence-corrected chi connectivity index (χ1v) is 11.6. The predicted molar refractivity (Wildman–Crippen MR) is 112 cm³/mol. The van der Waals surface area contributed by atoms with Crippen molar-refractivity contribution in [3.63, 3.8) is 0 Å². The predicted octanol–water partition coefficient (Wildman–Crippen LogP) is 2.64. The summed E-state index contributed by atoms with van der Waals surface area (Å²) in [6.45, 7) is 1.05. The number of sulfone groups is 1. The molecule has 0 radical (unpaired) electrons. The first kappa shape index (κ1) is 23.6. The molecule has 0 saturated heterocycles. The molecule has 0 amide bonds. The van der Waals surface area contributed by atoms with Crippen molar-refractivity contribution in [2.45, 2.75) is 25.9 Å². The fourth-order valence-electron chi connectivity index (χ4n) is 3.50. The molecule has 2 aromatic heterocycles. The Morgan fingerprint density at radius 1 is 1.19 bits per heavy atom. The van der Waals surface area contributed by atoms with Crippen LogP contribution in [0.2, 0.25) is 0 Å². The van der Waals surface area contributed by atoms with E-state index in [-0.39, 0.29) is 11.2 Å². The van der Waals surface area contributed by atoms with Crippen molar-refractivity contribution < 1.29 is 31.1 Å². The van der Waals surface area contributed by atoms with Gasteiger partial charge in [-0.3, -0.25) is 9.13 Å². The number of ether oxygens (including phenoxy) is 2. The lowest BCUT2D eigenvalue weighted by molar-refractivity contribution is 0.126. The second kappa shape index (κ2) is 9.23. The second-order valence-electron chi connectivity index (χ2n) is 7.10. The van der Waals surface area contributed by atoms with Gasteiger partial charge in [-0.15, -0.1) is 0 Å². The van der Waals surface area contributed by atoms with Crippen molar-refractivity contribution in [1.82, 2.24) is 14.1 Å². The topological polar surface area (TPSA) is 92.4 Å². The Kier molecular flexibility index (Phi) is 6.82. The smallest absolute Gasteiger partial charge is 0.331 e. The van der Waals surface area contributed by atoms with E-state index >= 15 is 0 Å². The maximum Gasteiger partial charge on any atom is 0.331 e. The maximum absolute atomic E-state index is 13.8. The normalized spacial score (nSPS) is 13.0. The highest BCUT2D eigenvalue weighted by molar-refractivity contribution is 7.90. The van der Waals surface area contributed by atoms with E-state index in [4.69, 9.17) is 9.47 Å². The van der Waals surface area contributed by atoms with Crippen LogP contribution in [0.25, 0.3) is 11.2 Å². The van der Waals surface area contributed by atoms with E-state index in [1.807, 2.05) is 0 Å². The van der Waals surface area contributed by atoms with E-state index < -0.39 is 46.1 Å². The lowest BCUT2D eigenvalue weighted by atomic mass is 10.1. The molecule has 3 rings (SSSR count). The molecule has 1 atom stereocenters. The van der Waals surface area contributed by atoms with Crippen LogP contribution in [-0.2, 0) is 16.4 Å². The third kappa shape index (κ3) is 4.90. The molecule has 2 heterocycles. The van der Waals surface area contributed by atoms with E-state index in [0.717, 1.165) is 23.1 Å². The van der Waals surface area contributed by atoms with Gasteiger partial charge in [-0.05, 0) is 24.6 Å². The molecule has 0 saturated carbocycles. The highest BCUT2D eigenvalue weighted by Gasteiger charge is 2.28. The van der Waals surface area contributed by atoms with Crippen molar-refractivity contribution >= 4 is 21.0 Å². The minimum atomic E-state index is -3.66. The summed E-state index contributed by atoms with van der Waals surface area (Å²) >= 11 is 0. The molecule has 0 fully saturated rings. The molecular weight excluding hydrogens is 451 g/mol. The second-order valence-corrected chi connectivity index (χ2v) is 9.29. The van der Waals surface area contributed by atoms with Crippen LogP contribution in [0.4, 0.5) is 13.2 Å². The summed E-state index contributed by atoms with van der Waals surface area (Å²) in [5.74, 6) is -0.645. The van der Waals surface area contributed by atoms with Gasteiger partial charge in [0.15, 0.2) is 17.1 Å².